The first-order valence-electron chi connectivity index (χ1n) is 10.1. The van der Waals surface area contributed by atoms with Gasteiger partial charge in [-0.3, -0.25) is 9.69 Å². The van der Waals surface area contributed by atoms with Gasteiger partial charge in [0.1, 0.15) is 11.1 Å². The lowest BCUT2D eigenvalue weighted by Gasteiger charge is -2.34. The van der Waals surface area contributed by atoms with E-state index in [2.05, 4.69) is 28.5 Å². The molecule has 1 atom stereocenters. The number of nitrogens with zero attached hydrogens (tertiary/aromatic N) is 3. The molecule has 0 radical (unpaired) electrons. The van der Waals surface area contributed by atoms with Gasteiger partial charge in [-0.1, -0.05) is 6.92 Å². The summed E-state index contributed by atoms with van der Waals surface area (Å²) in [5, 5.41) is 16.1. The van der Waals surface area contributed by atoms with Gasteiger partial charge in [-0.25, -0.2) is 4.79 Å². The number of thiophene rings is 1. The van der Waals surface area contributed by atoms with Gasteiger partial charge in [0.2, 0.25) is 5.91 Å². The van der Waals surface area contributed by atoms with Gasteiger partial charge in [-0.2, -0.15) is 5.26 Å². The Morgan fingerprint density at radius 2 is 2.04 bits per heavy atom. The van der Waals surface area contributed by atoms with E-state index in [1.54, 1.807) is 11.3 Å². The van der Waals surface area contributed by atoms with Crippen molar-refractivity contribution in [2.24, 2.45) is 5.92 Å². The van der Waals surface area contributed by atoms with Crippen LogP contribution in [0.2, 0.25) is 0 Å². The second-order valence-electron chi connectivity index (χ2n) is 7.63. The number of carbonyl (C=O) groups excluding carboxylic acids is 2. The molecule has 1 aromatic rings. The zero-order valence-electron chi connectivity index (χ0n) is 16.7. The molecule has 3 rings (SSSR count). The number of anilines is 1. The summed E-state index contributed by atoms with van der Waals surface area (Å²) in [6, 6.07) is 2.28. The average molecular weight is 404 g/mol. The van der Waals surface area contributed by atoms with Crippen LogP contribution in [0, 0.1) is 17.2 Å². The summed E-state index contributed by atoms with van der Waals surface area (Å²) in [7, 11) is 0. The van der Waals surface area contributed by atoms with Crippen molar-refractivity contribution < 1.29 is 9.59 Å². The van der Waals surface area contributed by atoms with Gasteiger partial charge in [0.25, 0.3) is 0 Å². The van der Waals surface area contributed by atoms with Crippen LogP contribution < -0.4 is 10.6 Å². The van der Waals surface area contributed by atoms with Crippen LogP contribution in [0.25, 0.3) is 0 Å². The van der Waals surface area contributed by atoms with E-state index in [1.165, 1.54) is 4.88 Å². The van der Waals surface area contributed by atoms with Crippen LogP contribution >= 0.6 is 11.3 Å². The molecule has 1 aliphatic heterocycles. The van der Waals surface area contributed by atoms with Crippen LogP contribution in [0.4, 0.5) is 9.80 Å². The minimum atomic E-state index is -0.0469. The molecule has 2 N–H and O–H groups in total. The zero-order valence-corrected chi connectivity index (χ0v) is 17.5. The Balaban J connectivity index is 1.48. The van der Waals surface area contributed by atoms with Crippen LogP contribution in [-0.2, 0) is 17.6 Å². The van der Waals surface area contributed by atoms with Crippen LogP contribution in [0.1, 0.15) is 42.7 Å². The number of rotatable bonds is 5. The van der Waals surface area contributed by atoms with E-state index in [0.717, 1.165) is 37.9 Å². The summed E-state index contributed by atoms with van der Waals surface area (Å²) >= 11 is 1.57. The lowest BCUT2D eigenvalue weighted by atomic mass is 9.89. The average Bonchev–Trinajstić information content (AvgIpc) is 3.02. The molecule has 152 valence electrons. The van der Waals surface area contributed by atoms with Crippen molar-refractivity contribution in [3.63, 3.8) is 0 Å². The number of nitriles is 1. The van der Waals surface area contributed by atoms with Crippen molar-refractivity contribution in [1.29, 1.82) is 5.26 Å². The number of hydrogen-bond donors (Lipinski definition) is 2. The highest BCUT2D eigenvalue weighted by atomic mass is 32.1. The van der Waals surface area contributed by atoms with E-state index in [1.807, 2.05) is 11.8 Å². The maximum Gasteiger partial charge on any atom is 0.317 e. The number of urea groups is 1. The molecule has 7 nitrogen and oxygen atoms in total. The van der Waals surface area contributed by atoms with Gasteiger partial charge in [0.15, 0.2) is 0 Å². The van der Waals surface area contributed by atoms with Crippen LogP contribution in [0.5, 0.6) is 0 Å². The maximum absolute atomic E-state index is 12.4. The highest BCUT2D eigenvalue weighted by Crippen LogP contribution is 2.39. The molecule has 1 fully saturated rings. The van der Waals surface area contributed by atoms with E-state index in [9.17, 15) is 14.9 Å². The van der Waals surface area contributed by atoms with Crippen molar-refractivity contribution in [3.05, 3.63) is 16.0 Å². The molecule has 0 bridgehead atoms. The Bertz CT molecular complexity index is 761. The van der Waals surface area contributed by atoms with E-state index < -0.39 is 0 Å². The first-order valence-corrected chi connectivity index (χ1v) is 10.9. The van der Waals surface area contributed by atoms with E-state index in [4.69, 9.17) is 0 Å². The monoisotopic (exact) mass is 403 g/mol. The topological polar surface area (TPSA) is 88.5 Å². The molecule has 8 heteroatoms. The summed E-state index contributed by atoms with van der Waals surface area (Å²) in [6.07, 6.45) is 3.43. The Labute approximate surface area is 170 Å². The minimum Gasteiger partial charge on any atom is -0.338 e. The lowest BCUT2D eigenvalue weighted by molar-refractivity contribution is -0.116. The number of amides is 3. The molecule has 3 amide bonds. The van der Waals surface area contributed by atoms with Gasteiger partial charge in [-0.05, 0) is 37.7 Å². The quantitative estimate of drug-likeness (QED) is 0.790. The Hall–Kier alpha value is -2.11. The fourth-order valence-corrected chi connectivity index (χ4v) is 5.22. The molecule has 28 heavy (non-hydrogen) atoms. The smallest absolute Gasteiger partial charge is 0.317 e. The fourth-order valence-electron chi connectivity index (χ4n) is 3.84. The predicted molar refractivity (Wildman–Crippen MR) is 111 cm³/mol. The largest absolute Gasteiger partial charge is 0.338 e. The molecular weight excluding hydrogens is 374 g/mol. The minimum absolute atomic E-state index is 0.0140. The molecule has 0 saturated carbocycles. The third-order valence-electron chi connectivity index (χ3n) is 5.52. The number of carbonyl (C=O) groups is 2. The second-order valence-corrected chi connectivity index (χ2v) is 8.74. The molecule has 0 aromatic carbocycles. The maximum atomic E-state index is 12.4. The molecule has 2 aliphatic rings. The third-order valence-corrected chi connectivity index (χ3v) is 6.69. The summed E-state index contributed by atoms with van der Waals surface area (Å²) in [4.78, 5) is 29.6. The Kier molecular flexibility index (Phi) is 6.92. The first kappa shape index (κ1) is 20.6. The highest BCUT2D eigenvalue weighted by molar-refractivity contribution is 7.16. The number of piperazine rings is 1. The van der Waals surface area contributed by atoms with Crippen molar-refractivity contribution in [2.45, 2.75) is 39.5 Å². The van der Waals surface area contributed by atoms with Gasteiger partial charge in [-0.15, -0.1) is 11.3 Å². The van der Waals surface area contributed by atoms with Gasteiger partial charge in [0.05, 0.1) is 5.56 Å². The standard InChI is InChI=1S/C20H29N5O2S/c1-3-22-20(27)25-10-8-24(9-11-25)7-6-18(26)23-19-16(13-21)15-5-4-14(2)12-17(15)28-19/h14H,3-12H2,1-2H3,(H,22,27)(H,23,26). The van der Waals surface area contributed by atoms with Crippen molar-refractivity contribution in [3.8, 4) is 6.07 Å². The normalized spacial score (nSPS) is 19.6. The van der Waals surface area contributed by atoms with Crippen LogP contribution in [-0.4, -0.2) is 61.0 Å². The predicted octanol–water partition coefficient (Wildman–Crippen LogP) is 2.42. The highest BCUT2D eigenvalue weighted by Gasteiger charge is 2.25. The Morgan fingerprint density at radius 3 is 2.71 bits per heavy atom. The van der Waals surface area contributed by atoms with Crippen LogP contribution in [0.15, 0.2) is 0 Å². The molecule has 1 aromatic heterocycles. The van der Waals surface area contributed by atoms with Gasteiger partial charge in [0, 0.05) is 50.6 Å². The van der Waals surface area contributed by atoms with Gasteiger partial charge >= 0.3 is 6.03 Å². The SMILES string of the molecule is CCNC(=O)N1CCN(CCC(=O)Nc2sc3c(c2C#N)CCC(C)C3)CC1. The molecule has 0 spiro atoms. The van der Waals surface area contributed by atoms with Gasteiger partial charge < -0.3 is 15.5 Å². The number of hydrogen-bond acceptors (Lipinski definition) is 5. The summed E-state index contributed by atoms with van der Waals surface area (Å²) in [6.45, 7) is 8.36. The third kappa shape index (κ3) is 4.83. The van der Waals surface area contributed by atoms with Crippen molar-refractivity contribution >= 4 is 28.3 Å². The zero-order chi connectivity index (χ0) is 20.1. The fraction of sp³-hybridized carbons (Fsp3) is 0.650. The Morgan fingerprint density at radius 1 is 1.29 bits per heavy atom. The van der Waals surface area contributed by atoms with Crippen LogP contribution in [0.3, 0.4) is 0 Å². The molecule has 1 saturated heterocycles. The molecular formula is C20H29N5O2S. The van der Waals surface area contributed by atoms with Crippen molar-refractivity contribution in [2.75, 3.05) is 44.6 Å². The first-order chi connectivity index (χ1) is 13.5. The summed E-state index contributed by atoms with van der Waals surface area (Å²) in [5.41, 5.74) is 1.80. The summed E-state index contributed by atoms with van der Waals surface area (Å²) in [5.74, 6) is 0.591. The van der Waals surface area contributed by atoms with Crippen molar-refractivity contribution in [1.82, 2.24) is 15.1 Å². The van der Waals surface area contributed by atoms with E-state index in [-0.39, 0.29) is 11.9 Å². The van der Waals surface area contributed by atoms with E-state index in [0.29, 0.717) is 49.1 Å². The van der Waals surface area contributed by atoms with E-state index >= 15 is 0 Å². The summed E-state index contributed by atoms with van der Waals surface area (Å²) < 4.78 is 0. The second kappa shape index (κ2) is 9.39. The molecule has 1 unspecified atom stereocenters. The number of nitrogens with one attached hydrogen (secondary N) is 2. The number of fused-ring (bicyclic) bond motifs is 1. The molecule has 1 aliphatic carbocycles. The molecule has 2 heterocycles. The lowest BCUT2D eigenvalue weighted by Crippen LogP contribution is -2.52.